The van der Waals surface area contributed by atoms with E-state index in [0.717, 1.165) is 10.2 Å². The van der Waals surface area contributed by atoms with Gasteiger partial charge in [-0.05, 0) is 18.6 Å². The number of hydrogen-bond acceptors (Lipinski definition) is 7. The Morgan fingerprint density at radius 2 is 2.00 bits per heavy atom. The Morgan fingerprint density at radius 1 is 1.33 bits per heavy atom. The number of aliphatic carboxylic acids is 2. The molecule has 0 N–H and O–H groups in total. The number of hydrogen-bond donors (Lipinski definition) is 0. The number of thioether (sulfide) groups is 1. The third-order valence-corrected chi connectivity index (χ3v) is 5.18. The maximum Gasteiger partial charge on any atom is 2.00 e. The molecule has 0 fully saturated rings. The van der Waals surface area contributed by atoms with Crippen LogP contribution < -0.4 is 10.2 Å². The Balaban J connectivity index is 0.00000220. The largest absolute Gasteiger partial charge is 2.00 e. The average Bonchev–Trinajstić information content (AvgIpc) is 2.77. The molecular formula is C13H11CaNO4S2. The van der Waals surface area contributed by atoms with Crippen LogP contribution in [0.1, 0.15) is 13.3 Å². The first-order chi connectivity index (χ1) is 9.47. The Kier molecular flexibility index (Phi) is 7.42. The summed E-state index contributed by atoms with van der Waals surface area (Å²) in [5, 5.41) is 21.1. The van der Waals surface area contributed by atoms with E-state index < -0.39 is 29.5 Å². The Morgan fingerprint density at radius 3 is 2.57 bits per heavy atom. The normalized spacial score (nSPS) is 13.4. The van der Waals surface area contributed by atoms with Gasteiger partial charge in [-0.1, -0.05) is 30.8 Å². The van der Waals surface area contributed by atoms with Crippen molar-refractivity contribution >= 4 is 83.0 Å². The number of carboxylic acids is 2. The third-order valence-electron chi connectivity index (χ3n) is 2.82. The topological polar surface area (TPSA) is 93.2 Å². The van der Waals surface area contributed by atoms with E-state index in [0.29, 0.717) is 4.34 Å². The van der Waals surface area contributed by atoms with Crippen LogP contribution >= 0.6 is 23.1 Å². The predicted octanol–water partition coefficient (Wildman–Crippen LogP) is -0.0978. The average molecular weight is 349 g/mol. The molecule has 0 saturated heterocycles. The zero-order valence-corrected chi connectivity index (χ0v) is 15.1. The summed E-state index contributed by atoms with van der Waals surface area (Å²) in [6, 6.07) is 7.58. The predicted molar refractivity (Wildman–Crippen MR) is 78.8 cm³/mol. The zero-order chi connectivity index (χ0) is 14.7. The van der Waals surface area contributed by atoms with Crippen molar-refractivity contribution < 1.29 is 19.8 Å². The number of thiazole rings is 1. The minimum Gasteiger partial charge on any atom is -0.550 e. The molecular weight excluding hydrogens is 338 g/mol. The van der Waals surface area contributed by atoms with Gasteiger partial charge < -0.3 is 19.8 Å². The molecule has 0 aliphatic rings. The molecule has 2 aromatic rings. The molecule has 0 bridgehead atoms. The van der Waals surface area contributed by atoms with Crippen molar-refractivity contribution in [2.45, 2.75) is 22.9 Å². The summed E-state index contributed by atoms with van der Waals surface area (Å²) in [4.78, 5) is 26.0. The van der Waals surface area contributed by atoms with Gasteiger partial charge in [0.05, 0.1) is 10.2 Å². The summed E-state index contributed by atoms with van der Waals surface area (Å²) in [5.74, 6) is -3.87. The Labute approximate surface area is 159 Å². The van der Waals surface area contributed by atoms with Gasteiger partial charge in [-0.3, -0.25) is 0 Å². The molecule has 5 nitrogen and oxygen atoms in total. The van der Waals surface area contributed by atoms with Gasteiger partial charge in [0.25, 0.3) is 0 Å². The van der Waals surface area contributed by atoms with Crippen LogP contribution in [0.3, 0.4) is 0 Å². The molecule has 2 unspecified atom stereocenters. The van der Waals surface area contributed by atoms with E-state index in [1.165, 1.54) is 23.1 Å². The molecule has 1 aromatic heterocycles. The van der Waals surface area contributed by atoms with Gasteiger partial charge in [0.2, 0.25) is 0 Å². The molecule has 21 heavy (non-hydrogen) atoms. The number of aromatic nitrogens is 1. The van der Waals surface area contributed by atoms with Gasteiger partial charge in [-0.25, -0.2) is 4.98 Å². The molecule has 1 heterocycles. The number of carbonyl (C=O) groups is 2. The van der Waals surface area contributed by atoms with Crippen LogP contribution in [-0.2, 0) is 9.59 Å². The second kappa shape index (κ2) is 8.33. The first kappa shape index (κ1) is 18.7. The summed E-state index contributed by atoms with van der Waals surface area (Å²) in [6.45, 7) is 1.65. The van der Waals surface area contributed by atoms with E-state index in [1.807, 2.05) is 24.3 Å². The van der Waals surface area contributed by atoms with E-state index in [1.54, 1.807) is 6.92 Å². The van der Waals surface area contributed by atoms with Gasteiger partial charge in [-0.2, -0.15) is 0 Å². The fraction of sp³-hybridized carbons (Fsp3) is 0.308. The van der Waals surface area contributed by atoms with Crippen molar-refractivity contribution in [2.75, 3.05) is 0 Å². The van der Waals surface area contributed by atoms with E-state index in [4.69, 9.17) is 0 Å². The SMILES string of the molecule is CC(Sc1nc2ccccc2s1)C(CC(=O)[O-])C(=O)[O-].[Ca+2]. The molecule has 0 radical (unpaired) electrons. The fourth-order valence-corrected chi connectivity index (χ4v) is 4.22. The van der Waals surface area contributed by atoms with Gasteiger partial charge in [0.1, 0.15) is 0 Å². The number of para-hydroxylation sites is 1. The summed E-state index contributed by atoms with van der Waals surface area (Å²) in [6.07, 6.45) is -0.554. The third kappa shape index (κ3) is 5.10. The Hall–Kier alpha value is -0.340. The van der Waals surface area contributed by atoms with Crippen LogP contribution in [0.15, 0.2) is 28.6 Å². The second-order valence-electron chi connectivity index (χ2n) is 4.27. The summed E-state index contributed by atoms with van der Waals surface area (Å²) in [5.41, 5.74) is 0.845. The van der Waals surface area contributed by atoms with Gasteiger partial charge in [0, 0.05) is 23.1 Å². The van der Waals surface area contributed by atoms with E-state index in [-0.39, 0.29) is 37.7 Å². The van der Waals surface area contributed by atoms with Gasteiger partial charge >= 0.3 is 37.7 Å². The number of carbonyl (C=O) groups excluding carboxylic acids is 2. The van der Waals surface area contributed by atoms with Crippen LogP contribution in [-0.4, -0.2) is 59.9 Å². The second-order valence-corrected chi connectivity index (χ2v) is 6.93. The molecule has 106 valence electrons. The Bertz CT molecular complexity index is 613. The molecule has 0 saturated carbocycles. The van der Waals surface area contributed by atoms with Crippen LogP contribution in [0.25, 0.3) is 10.2 Å². The number of carboxylic acid groups (broad SMARTS) is 2. The van der Waals surface area contributed by atoms with Gasteiger partial charge in [0.15, 0.2) is 4.34 Å². The molecule has 0 spiro atoms. The molecule has 0 aliphatic heterocycles. The van der Waals surface area contributed by atoms with Crippen molar-refractivity contribution in [3.63, 3.8) is 0 Å². The van der Waals surface area contributed by atoms with Crippen molar-refractivity contribution in [1.29, 1.82) is 0 Å². The van der Waals surface area contributed by atoms with E-state index >= 15 is 0 Å². The first-order valence-electron chi connectivity index (χ1n) is 5.90. The van der Waals surface area contributed by atoms with E-state index in [9.17, 15) is 19.8 Å². The van der Waals surface area contributed by atoms with Crippen molar-refractivity contribution in [3.8, 4) is 0 Å². The van der Waals surface area contributed by atoms with Crippen LogP contribution in [0.2, 0.25) is 0 Å². The van der Waals surface area contributed by atoms with Crippen LogP contribution in [0.5, 0.6) is 0 Å². The minimum absolute atomic E-state index is 0. The monoisotopic (exact) mass is 349 g/mol. The molecule has 0 aliphatic carbocycles. The molecule has 0 amide bonds. The molecule has 2 rings (SSSR count). The fourth-order valence-electron chi connectivity index (χ4n) is 1.76. The maximum absolute atomic E-state index is 11.0. The quantitative estimate of drug-likeness (QED) is 0.534. The van der Waals surface area contributed by atoms with Crippen molar-refractivity contribution in [1.82, 2.24) is 4.98 Å². The van der Waals surface area contributed by atoms with Crippen LogP contribution in [0, 0.1) is 5.92 Å². The zero-order valence-electron chi connectivity index (χ0n) is 11.3. The number of fused-ring (bicyclic) bond motifs is 1. The molecule has 2 atom stereocenters. The van der Waals surface area contributed by atoms with Crippen molar-refractivity contribution in [3.05, 3.63) is 24.3 Å². The minimum atomic E-state index is -1.39. The number of rotatable bonds is 6. The maximum atomic E-state index is 11.0. The smallest absolute Gasteiger partial charge is 0.550 e. The molecule has 8 heteroatoms. The van der Waals surface area contributed by atoms with Crippen LogP contribution in [0.4, 0.5) is 0 Å². The summed E-state index contributed by atoms with van der Waals surface area (Å²) < 4.78 is 1.72. The van der Waals surface area contributed by atoms with Gasteiger partial charge in [-0.15, -0.1) is 11.3 Å². The standard InChI is InChI=1S/C13H13NO4S2.Ca/c1-7(8(12(17)18)6-11(15)16)19-13-14-9-4-2-3-5-10(9)20-13;/h2-5,7-8H,6H2,1H3,(H,15,16)(H,17,18);/q;+2/p-2. The summed E-state index contributed by atoms with van der Waals surface area (Å²) >= 11 is 2.69. The van der Waals surface area contributed by atoms with Crippen molar-refractivity contribution in [2.24, 2.45) is 5.92 Å². The van der Waals surface area contributed by atoms with E-state index in [2.05, 4.69) is 4.98 Å². The first-order valence-corrected chi connectivity index (χ1v) is 7.60. The number of nitrogens with zero attached hydrogens (tertiary/aromatic N) is 1. The number of benzene rings is 1. The summed E-state index contributed by atoms with van der Waals surface area (Å²) in [7, 11) is 0. The molecule has 1 aromatic carbocycles.